The van der Waals surface area contributed by atoms with Gasteiger partial charge >= 0.3 is 0 Å². The molecule has 13 heavy (non-hydrogen) atoms. The maximum atomic E-state index is 5.88. The molecule has 1 rings (SSSR count). The van der Waals surface area contributed by atoms with Gasteiger partial charge in [-0.15, -0.1) is 0 Å². The Hall–Kier alpha value is -0.180. The van der Waals surface area contributed by atoms with Crippen molar-refractivity contribution in [1.29, 1.82) is 0 Å². The van der Waals surface area contributed by atoms with E-state index in [0.717, 1.165) is 16.0 Å². The molecule has 0 aliphatic rings. The van der Waals surface area contributed by atoms with Crippen molar-refractivity contribution in [2.24, 2.45) is 0 Å². The zero-order valence-corrected chi connectivity index (χ0v) is 9.67. The molecule has 1 aromatic rings. The summed E-state index contributed by atoms with van der Waals surface area (Å²) in [4.78, 5) is 5.16. The van der Waals surface area contributed by atoms with Crippen LogP contribution in [0.25, 0.3) is 0 Å². The Kier molecular flexibility index (Phi) is 4.10. The second-order valence-electron chi connectivity index (χ2n) is 2.57. The molecular weight excluding hydrogens is 225 g/mol. The first-order valence-corrected chi connectivity index (χ1v) is 5.39. The van der Waals surface area contributed by atoms with Crippen LogP contribution in [0, 0.1) is 13.8 Å². The Morgan fingerprint density at radius 1 is 1.46 bits per heavy atom. The number of hydrogen-bond donors (Lipinski definition) is 0. The maximum Gasteiger partial charge on any atom is 0.133 e. The highest BCUT2D eigenvalue weighted by Crippen LogP contribution is 2.30. The van der Waals surface area contributed by atoms with Gasteiger partial charge in [0, 0.05) is 22.2 Å². The fourth-order valence-electron chi connectivity index (χ4n) is 0.973. The van der Waals surface area contributed by atoms with Gasteiger partial charge in [0.1, 0.15) is 5.15 Å². The molecule has 1 nitrogen and oxygen atoms in total. The standard InChI is InChI=1S/C9H9Cl2NS/c1-6-5-12-9(11)7(2)8(6)13-4-3-10/h3-5H,1-2H3. The van der Waals surface area contributed by atoms with Crippen molar-refractivity contribution in [2.75, 3.05) is 0 Å². The van der Waals surface area contributed by atoms with Crippen molar-refractivity contribution < 1.29 is 0 Å². The molecule has 0 aliphatic carbocycles. The Bertz CT molecular complexity index is 337. The lowest BCUT2D eigenvalue weighted by atomic mass is 10.2. The van der Waals surface area contributed by atoms with E-state index in [2.05, 4.69) is 4.98 Å². The minimum atomic E-state index is 0.552. The normalized spacial score (nSPS) is 11.1. The van der Waals surface area contributed by atoms with Crippen molar-refractivity contribution >= 4 is 35.0 Å². The highest BCUT2D eigenvalue weighted by Gasteiger charge is 2.05. The summed E-state index contributed by atoms with van der Waals surface area (Å²) in [5, 5.41) is 2.36. The predicted molar refractivity (Wildman–Crippen MR) is 59.6 cm³/mol. The number of aromatic nitrogens is 1. The monoisotopic (exact) mass is 233 g/mol. The Morgan fingerprint density at radius 2 is 2.15 bits per heavy atom. The van der Waals surface area contributed by atoms with Gasteiger partial charge in [0.2, 0.25) is 0 Å². The van der Waals surface area contributed by atoms with Crippen LogP contribution in [-0.2, 0) is 0 Å². The Morgan fingerprint density at radius 3 is 2.77 bits per heavy atom. The second kappa shape index (κ2) is 4.89. The number of rotatable bonds is 2. The van der Waals surface area contributed by atoms with Gasteiger partial charge in [-0.1, -0.05) is 35.0 Å². The molecule has 4 heteroatoms. The fourth-order valence-corrected chi connectivity index (χ4v) is 2.03. The first-order valence-electron chi connectivity index (χ1n) is 3.70. The lowest BCUT2D eigenvalue weighted by molar-refractivity contribution is 1.13. The van der Waals surface area contributed by atoms with E-state index < -0.39 is 0 Å². The zero-order chi connectivity index (χ0) is 9.84. The zero-order valence-electron chi connectivity index (χ0n) is 7.34. The van der Waals surface area contributed by atoms with E-state index in [0.29, 0.717) is 5.15 Å². The van der Waals surface area contributed by atoms with E-state index in [-0.39, 0.29) is 0 Å². The first-order chi connectivity index (χ1) is 6.16. The smallest absolute Gasteiger partial charge is 0.133 e. The van der Waals surface area contributed by atoms with Crippen LogP contribution in [0.15, 0.2) is 22.0 Å². The minimum Gasteiger partial charge on any atom is -0.244 e. The van der Waals surface area contributed by atoms with Crippen LogP contribution in [0.1, 0.15) is 11.1 Å². The van der Waals surface area contributed by atoms with Gasteiger partial charge in [0.25, 0.3) is 0 Å². The molecule has 0 aliphatic heterocycles. The van der Waals surface area contributed by atoms with E-state index in [1.807, 2.05) is 19.3 Å². The van der Waals surface area contributed by atoms with Crippen LogP contribution >= 0.6 is 35.0 Å². The molecule has 0 bridgehead atoms. The second-order valence-corrected chi connectivity index (χ2v) is 4.09. The highest BCUT2D eigenvalue weighted by molar-refractivity contribution is 8.02. The van der Waals surface area contributed by atoms with Gasteiger partial charge in [-0.05, 0) is 24.8 Å². The van der Waals surface area contributed by atoms with E-state index >= 15 is 0 Å². The molecule has 0 radical (unpaired) electrons. The fraction of sp³-hybridized carbons (Fsp3) is 0.222. The molecule has 0 spiro atoms. The lowest BCUT2D eigenvalue weighted by Crippen LogP contribution is -1.88. The molecular formula is C9H9Cl2NS. The lowest BCUT2D eigenvalue weighted by Gasteiger charge is -2.06. The van der Waals surface area contributed by atoms with Gasteiger partial charge in [0.15, 0.2) is 0 Å². The topological polar surface area (TPSA) is 12.9 Å². The number of pyridine rings is 1. The SMILES string of the molecule is Cc1cnc(Cl)c(C)c1SC=CCl. The summed E-state index contributed by atoms with van der Waals surface area (Å²) in [5.41, 5.74) is 3.60. The van der Waals surface area contributed by atoms with Gasteiger partial charge in [-0.25, -0.2) is 4.98 Å². The predicted octanol–water partition coefficient (Wildman–Crippen LogP) is 4.15. The van der Waals surface area contributed by atoms with Crippen molar-refractivity contribution in [2.45, 2.75) is 18.7 Å². The van der Waals surface area contributed by atoms with Crippen molar-refractivity contribution in [1.82, 2.24) is 4.98 Å². The molecule has 0 saturated heterocycles. The average Bonchev–Trinajstić information content (AvgIpc) is 2.12. The third-order valence-electron chi connectivity index (χ3n) is 1.62. The molecule has 1 heterocycles. The number of nitrogens with zero attached hydrogens (tertiary/aromatic N) is 1. The van der Waals surface area contributed by atoms with Crippen LogP contribution in [0.5, 0.6) is 0 Å². The summed E-state index contributed by atoms with van der Waals surface area (Å²) < 4.78 is 0. The van der Waals surface area contributed by atoms with Crippen LogP contribution in [0.2, 0.25) is 5.15 Å². The third-order valence-corrected chi connectivity index (χ3v) is 3.41. The number of hydrogen-bond acceptors (Lipinski definition) is 2. The number of halogens is 2. The van der Waals surface area contributed by atoms with Crippen LogP contribution in [0.3, 0.4) is 0 Å². The summed E-state index contributed by atoms with van der Waals surface area (Å²) in [6.45, 7) is 3.95. The van der Waals surface area contributed by atoms with Crippen LogP contribution in [-0.4, -0.2) is 4.98 Å². The highest BCUT2D eigenvalue weighted by atomic mass is 35.5. The van der Waals surface area contributed by atoms with Gasteiger partial charge < -0.3 is 0 Å². The van der Waals surface area contributed by atoms with Crippen LogP contribution in [0.4, 0.5) is 0 Å². The van der Waals surface area contributed by atoms with E-state index in [4.69, 9.17) is 23.2 Å². The Labute approximate surface area is 92.2 Å². The summed E-state index contributed by atoms with van der Waals surface area (Å²) in [5.74, 6) is 0. The average molecular weight is 234 g/mol. The molecule has 0 aromatic carbocycles. The third kappa shape index (κ3) is 2.63. The maximum absolute atomic E-state index is 5.88. The van der Waals surface area contributed by atoms with E-state index in [1.165, 1.54) is 5.54 Å². The molecule has 1 aromatic heterocycles. The van der Waals surface area contributed by atoms with E-state index in [1.54, 1.807) is 18.0 Å². The minimum absolute atomic E-state index is 0.552. The summed E-state index contributed by atoms with van der Waals surface area (Å²) >= 11 is 12.9. The Balaban J connectivity index is 3.09. The number of thioether (sulfide) groups is 1. The summed E-state index contributed by atoms with van der Waals surface area (Å²) in [6.07, 6.45) is 1.76. The quantitative estimate of drug-likeness (QED) is 0.563. The molecule has 70 valence electrons. The van der Waals surface area contributed by atoms with Gasteiger partial charge in [-0.2, -0.15) is 0 Å². The van der Waals surface area contributed by atoms with E-state index in [9.17, 15) is 0 Å². The van der Waals surface area contributed by atoms with Crippen molar-refractivity contribution in [3.05, 3.63) is 33.4 Å². The van der Waals surface area contributed by atoms with Crippen molar-refractivity contribution in [3.8, 4) is 0 Å². The van der Waals surface area contributed by atoms with Crippen molar-refractivity contribution in [3.63, 3.8) is 0 Å². The molecule has 0 N–H and O–H groups in total. The molecule has 0 unspecified atom stereocenters. The molecule has 0 amide bonds. The summed E-state index contributed by atoms with van der Waals surface area (Å²) in [7, 11) is 0. The molecule has 0 saturated carbocycles. The van der Waals surface area contributed by atoms with Crippen LogP contribution < -0.4 is 0 Å². The molecule has 0 atom stereocenters. The number of aryl methyl sites for hydroxylation is 1. The summed E-state index contributed by atoms with van der Waals surface area (Å²) in [6, 6.07) is 0. The molecule has 0 fully saturated rings. The largest absolute Gasteiger partial charge is 0.244 e. The van der Waals surface area contributed by atoms with Gasteiger partial charge in [0.05, 0.1) is 0 Å². The first kappa shape index (κ1) is 10.9. The van der Waals surface area contributed by atoms with Gasteiger partial charge in [-0.3, -0.25) is 0 Å².